The van der Waals surface area contributed by atoms with Gasteiger partial charge in [-0.2, -0.15) is 4.98 Å². The van der Waals surface area contributed by atoms with Gasteiger partial charge in [0.2, 0.25) is 5.89 Å². The van der Waals surface area contributed by atoms with E-state index in [1.807, 2.05) is 0 Å². The maximum Gasteiger partial charge on any atom is 0.229 e. The summed E-state index contributed by atoms with van der Waals surface area (Å²) >= 11 is 0. The zero-order chi connectivity index (χ0) is 13.6. The summed E-state index contributed by atoms with van der Waals surface area (Å²) in [5, 5.41) is 7.39. The summed E-state index contributed by atoms with van der Waals surface area (Å²) in [5.41, 5.74) is 0. The summed E-state index contributed by atoms with van der Waals surface area (Å²) in [4.78, 5) is 4.49. The van der Waals surface area contributed by atoms with E-state index in [0.29, 0.717) is 18.6 Å². The Hall–Kier alpha value is -0.980. The SMILES string of the molecule is C1CC(OCCc2noc(C3CCOCC3)n2)CCN1. The highest BCUT2D eigenvalue weighted by Gasteiger charge is 2.22. The standard InChI is InChI=1S/C14H23N3O3/c1-6-15-7-2-12(1)19-10-5-13-16-14(20-17-13)11-3-8-18-9-4-11/h11-12,15H,1-10H2. The third-order valence-corrected chi connectivity index (χ3v) is 4.02. The average molecular weight is 281 g/mol. The molecule has 0 amide bonds. The molecule has 1 N–H and O–H groups in total. The molecule has 0 radical (unpaired) electrons. The molecule has 6 heteroatoms. The number of hydrogen-bond donors (Lipinski definition) is 1. The van der Waals surface area contributed by atoms with Crippen LogP contribution in [-0.2, 0) is 15.9 Å². The molecule has 3 heterocycles. The normalized spacial score (nSPS) is 22.2. The van der Waals surface area contributed by atoms with E-state index in [1.165, 1.54) is 0 Å². The van der Waals surface area contributed by atoms with Crippen LogP contribution in [0.1, 0.15) is 43.3 Å². The van der Waals surface area contributed by atoms with Crippen LogP contribution < -0.4 is 5.32 Å². The van der Waals surface area contributed by atoms with Crippen LogP contribution in [0.4, 0.5) is 0 Å². The van der Waals surface area contributed by atoms with E-state index in [2.05, 4.69) is 15.5 Å². The van der Waals surface area contributed by atoms with Crippen molar-refractivity contribution in [3.63, 3.8) is 0 Å². The molecule has 112 valence electrons. The van der Waals surface area contributed by atoms with Gasteiger partial charge in [-0.05, 0) is 38.8 Å². The van der Waals surface area contributed by atoms with Crippen molar-refractivity contribution in [2.75, 3.05) is 32.9 Å². The minimum absolute atomic E-state index is 0.371. The van der Waals surface area contributed by atoms with Crippen LogP contribution in [0.15, 0.2) is 4.52 Å². The second-order valence-corrected chi connectivity index (χ2v) is 5.51. The summed E-state index contributed by atoms with van der Waals surface area (Å²) in [6.45, 7) is 4.38. The Kier molecular flexibility index (Phi) is 5.00. The molecular formula is C14H23N3O3. The Morgan fingerprint density at radius 2 is 1.95 bits per heavy atom. The zero-order valence-electron chi connectivity index (χ0n) is 11.8. The molecule has 0 aromatic carbocycles. The first-order valence-electron chi connectivity index (χ1n) is 7.64. The smallest absolute Gasteiger partial charge is 0.229 e. The number of hydrogen-bond acceptors (Lipinski definition) is 6. The number of aromatic nitrogens is 2. The topological polar surface area (TPSA) is 69.4 Å². The lowest BCUT2D eigenvalue weighted by atomic mass is 10.0. The molecule has 6 nitrogen and oxygen atoms in total. The highest BCUT2D eigenvalue weighted by atomic mass is 16.5. The first-order valence-corrected chi connectivity index (χ1v) is 7.64. The van der Waals surface area contributed by atoms with Gasteiger partial charge < -0.3 is 19.3 Å². The van der Waals surface area contributed by atoms with Crippen LogP contribution in [0.5, 0.6) is 0 Å². The molecule has 1 aromatic heterocycles. The average Bonchev–Trinajstić information content (AvgIpc) is 2.98. The lowest BCUT2D eigenvalue weighted by Crippen LogP contribution is -2.32. The fourth-order valence-corrected chi connectivity index (χ4v) is 2.76. The van der Waals surface area contributed by atoms with Crippen molar-refractivity contribution in [2.24, 2.45) is 0 Å². The molecule has 1 aromatic rings. The van der Waals surface area contributed by atoms with Crippen LogP contribution in [-0.4, -0.2) is 49.2 Å². The number of piperidine rings is 1. The molecule has 0 bridgehead atoms. The molecule has 0 aliphatic carbocycles. The van der Waals surface area contributed by atoms with Gasteiger partial charge in [0.05, 0.1) is 12.7 Å². The van der Waals surface area contributed by atoms with Gasteiger partial charge in [0.1, 0.15) is 0 Å². The molecule has 2 saturated heterocycles. The summed E-state index contributed by atoms with van der Waals surface area (Å²) in [5.74, 6) is 1.90. The quantitative estimate of drug-likeness (QED) is 0.876. The lowest BCUT2D eigenvalue weighted by molar-refractivity contribution is 0.0340. The molecule has 2 aliphatic rings. The van der Waals surface area contributed by atoms with Gasteiger partial charge in [0.15, 0.2) is 5.82 Å². The van der Waals surface area contributed by atoms with Crippen molar-refractivity contribution in [3.05, 3.63) is 11.7 Å². The van der Waals surface area contributed by atoms with E-state index >= 15 is 0 Å². The molecule has 20 heavy (non-hydrogen) atoms. The van der Waals surface area contributed by atoms with Crippen LogP contribution in [0.3, 0.4) is 0 Å². The Bertz CT molecular complexity index is 398. The Morgan fingerprint density at radius 3 is 2.75 bits per heavy atom. The van der Waals surface area contributed by atoms with E-state index in [1.54, 1.807) is 0 Å². The van der Waals surface area contributed by atoms with Gasteiger partial charge in [-0.3, -0.25) is 0 Å². The molecule has 0 saturated carbocycles. The number of nitrogens with one attached hydrogen (secondary N) is 1. The predicted molar refractivity (Wildman–Crippen MR) is 72.6 cm³/mol. The second-order valence-electron chi connectivity index (χ2n) is 5.51. The molecule has 3 rings (SSSR count). The summed E-state index contributed by atoms with van der Waals surface area (Å²) in [7, 11) is 0. The van der Waals surface area contributed by atoms with Gasteiger partial charge in [-0.1, -0.05) is 5.16 Å². The number of ether oxygens (including phenoxy) is 2. The van der Waals surface area contributed by atoms with E-state index in [4.69, 9.17) is 14.0 Å². The first-order chi connectivity index (χ1) is 9.92. The van der Waals surface area contributed by atoms with Crippen molar-refractivity contribution in [1.29, 1.82) is 0 Å². The third-order valence-electron chi connectivity index (χ3n) is 4.02. The lowest BCUT2D eigenvalue weighted by Gasteiger charge is -2.22. The fraction of sp³-hybridized carbons (Fsp3) is 0.857. The largest absolute Gasteiger partial charge is 0.381 e. The van der Waals surface area contributed by atoms with Crippen molar-refractivity contribution in [1.82, 2.24) is 15.5 Å². The predicted octanol–water partition coefficient (Wildman–Crippen LogP) is 1.27. The maximum atomic E-state index is 5.86. The Labute approximate surface area is 119 Å². The van der Waals surface area contributed by atoms with E-state index < -0.39 is 0 Å². The second kappa shape index (κ2) is 7.15. The van der Waals surface area contributed by atoms with E-state index in [0.717, 1.165) is 70.1 Å². The maximum absolute atomic E-state index is 5.86. The molecule has 0 spiro atoms. The van der Waals surface area contributed by atoms with Crippen LogP contribution in [0, 0.1) is 0 Å². The van der Waals surface area contributed by atoms with Crippen molar-refractivity contribution < 1.29 is 14.0 Å². The fourth-order valence-electron chi connectivity index (χ4n) is 2.76. The molecule has 2 aliphatic heterocycles. The molecular weight excluding hydrogens is 258 g/mol. The minimum atomic E-state index is 0.371. The third kappa shape index (κ3) is 3.77. The first kappa shape index (κ1) is 14.0. The number of nitrogens with zero attached hydrogens (tertiary/aromatic N) is 2. The van der Waals surface area contributed by atoms with Gasteiger partial charge in [0.25, 0.3) is 0 Å². The van der Waals surface area contributed by atoms with Gasteiger partial charge in [-0.25, -0.2) is 0 Å². The van der Waals surface area contributed by atoms with Gasteiger partial charge in [-0.15, -0.1) is 0 Å². The summed E-state index contributed by atoms with van der Waals surface area (Å²) in [6.07, 6.45) is 5.27. The zero-order valence-corrected chi connectivity index (χ0v) is 11.8. The van der Waals surface area contributed by atoms with Crippen molar-refractivity contribution in [2.45, 2.75) is 44.1 Å². The molecule has 2 fully saturated rings. The van der Waals surface area contributed by atoms with Gasteiger partial charge >= 0.3 is 0 Å². The monoisotopic (exact) mass is 281 g/mol. The van der Waals surface area contributed by atoms with Crippen molar-refractivity contribution >= 4 is 0 Å². The van der Waals surface area contributed by atoms with Crippen LogP contribution in [0.2, 0.25) is 0 Å². The van der Waals surface area contributed by atoms with Crippen molar-refractivity contribution in [3.8, 4) is 0 Å². The summed E-state index contributed by atoms with van der Waals surface area (Å²) in [6, 6.07) is 0. The highest BCUT2D eigenvalue weighted by molar-refractivity contribution is 4.95. The Balaban J connectivity index is 1.42. The summed E-state index contributed by atoms with van der Waals surface area (Å²) < 4.78 is 16.6. The van der Waals surface area contributed by atoms with E-state index in [9.17, 15) is 0 Å². The molecule has 0 atom stereocenters. The molecule has 0 unspecified atom stereocenters. The minimum Gasteiger partial charge on any atom is -0.381 e. The van der Waals surface area contributed by atoms with Crippen LogP contribution in [0.25, 0.3) is 0 Å². The highest BCUT2D eigenvalue weighted by Crippen LogP contribution is 2.25. The number of rotatable bonds is 5. The van der Waals surface area contributed by atoms with E-state index in [-0.39, 0.29) is 0 Å². The van der Waals surface area contributed by atoms with Crippen LogP contribution >= 0.6 is 0 Å². The Morgan fingerprint density at radius 1 is 1.15 bits per heavy atom. The van der Waals surface area contributed by atoms with Gasteiger partial charge in [0, 0.05) is 25.6 Å².